The van der Waals surface area contributed by atoms with E-state index in [0.717, 1.165) is 29.3 Å². The van der Waals surface area contributed by atoms with E-state index in [0.29, 0.717) is 5.69 Å². The lowest BCUT2D eigenvalue weighted by atomic mass is 10.3. The molecule has 1 aromatic rings. The second-order valence-corrected chi connectivity index (χ2v) is 4.65. The fraction of sp³-hybridized carbons (Fsp3) is 0.600. The number of hydrogen-bond donors (Lipinski definition) is 1. The summed E-state index contributed by atoms with van der Waals surface area (Å²) >= 11 is 1.56. The fourth-order valence-corrected chi connectivity index (χ4v) is 2.02. The summed E-state index contributed by atoms with van der Waals surface area (Å²) in [6.45, 7) is 6.69. The van der Waals surface area contributed by atoms with Gasteiger partial charge >= 0.3 is 0 Å². The highest BCUT2D eigenvalue weighted by Crippen LogP contribution is 2.15. The Morgan fingerprint density at radius 3 is 2.71 bits per heavy atom. The summed E-state index contributed by atoms with van der Waals surface area (Å²) in [5, 5.41) is 3.81. The van der Waals surface area contributed by atoms with Crippen molar-refractivity contribution in [3.05, 3.63) is 15.6 Å². The number of hydrogen-bond acceptors (Lipinski definition) is 3. The number of rotatable bonds is 4. The molecule has 0 fully saturated rings. The summed E-state index contributed by atoms with van der Waals surface area (Å²) < 4.78 is 0. The molecule has 4 heteroatoms. The van der Waals surface area contributed by atoms with Gasteiger partial charge in [-0.15, -0.1) is 11.3 Å². The Balaban J connectivity index is 2.56. The van der Waals surface area contributed by atoms with Crippen LogP contribution in [0.15, 0.2) is 0 Å². The third-order valence-electron chi connectivity index (χ3n) is 1.93. The van der Waals surface area contributed by atoms with E-state index in [1.54, 1.807) is 11.3 Å². The Labute approximate surface area is 88.6 Å². The molecule has 1 N–H and O–H groups in total. The van der Waals surface area contributed by atoms with Gasteiger partial charge in [-0.25, -0.2) is 4.98 Å². The van der Waals surface area contributed by atoms with Crippen LogP contribution in [-0.2, 0) is 0 Å². The van der Waals surface area contributed by atoms with Gasteiger partial charge in [0.2, 0.25) is 0 Å². The first kappa shape index (κ1) is 11.2. The summed E-state index contributed by atoms with van der Waals surface area (Å²) in [4.78, 5) is 16.8. The molecule has 0 saturated heterocycles. The molecule has 3 nitrogen and oxygen atoms in total. The van der Waals surface area contributed by atoms with Crippen molar-refractivity contribution in [2.75, 3.05) is 6.54 Å². The lowest BCUT2D eigenvalue weighted by Crippen LogP contribution is -2.25. The summed E-state index contributed by atoms with van der Waals surface area (Å²) in [6, 6.07) is 0. The molecule has 14 heavy (non-hydrogen) atoms. The van der Waals surface area contributed by atoms with Gasteiger partial charge in [0.15, 0.2) is 0 Å². The first-order valence-electron chi connectivity index (χ1n) is 4.87. The van der Waals surface area contributed by atoms with Crippen LogP contribution in [0.3, 0.4) is 0 Å². The quantitative estimate of drug-likeness (QED) is 0.778. The Morgan fingerprint density at radius 2 is 2.21 bits per heavy atom. The zero-order valence-electron chi connectivity index (χ0n) is 8.89. The normalized spacial score (nSPS) is 10.2. The maximum absolute atomic E-state index is 11.6. The summed E-state index contributed by atoms with van der Waals surface area (Å²) in [5.41, 5.74) is 0.587. The average molecular weight is 212 g/mol. The van der Waals surface area contributed by atoms with Crippen LogP contribution in [0.5, 0.6) is 0 Å². The van der Waals surface area contributed by atoms with Crippen LogP contribution in [0.1, 0.15) is 40.1 Å². The van der Waals surface area contributed by atoms with E-state index >= 15 is 0 Å². The van der Waals surface area contributed by atoms with Gasteiger partial charge in [-0.2, -0.15) is 0 Å². The topological polar surface area (TPSA) is 42.0 Å². The number of nitrogens with zero attached hydrogens (tertiary/aromatic N) is 1. The van der Waals surface area contributed by atoms with Crippen LogP contribution in [0.25, 0.3) is 0 Å². The van der Waals surface area contributed by atoms with Crippen LogP contribution in [-0.4, -0.2) is 17.4 Å². The molecule has 0 radical (unpaired) electrons. The summed E-state index contributed by atoms with van der Waals surface area (Å²) in [5.74, 6) is -0.0414. The van der Waals surface area contributed by atoms with Crippen LogP contribution in [0.4, 0.5) is 0 Å². The number of amides is 1. The van der Waals surface area contributed by atoms with E-state index in [1.807, 2.05) is 13.8 Å². The highest BCUT2D eigenvalue weighted by molar-refractivity contribution is 7.11. The standard InChI is InChI=1S/C10H16N2OS/c1-4-5-6-11-10(13)9-7(2)14-8(3)12-9/h4-6H2,1-3H3,(H,11,13). The SMILES string of the molecule is CCCCNC(=O)c1nc(C)sc1C. The van der Waals surface area contributed by atoms with Gasteiger partial charge in [0.05, 0.1) is 5.01 Å². The van der Waals surface area contributed by atoms with E-state index < -0.39 is 0 Å². The molecule has 1 aromatic heterocycles. The van der Waals surface area contributed by atoms with Gasteiger partial charge in [0.1, 0.15) is 5.69 Å². The summed E-state index contributed by atoms with van der Waals surface area (Å²) in [7, 11) is 0. The van der Waals surface area contributed by atoms with E-state index in [-0.39, 0.29) is 5.91 Å². The molecule has 0 aromatic carbocycles. The molecule has 0 aliphatic rings. The maximum atomic E-state index is 11.6. The van der Waals surface area contributed by atoms with Crippen molar-refractivity contribution in [3.63, 3.8) is 0 Å². The van der Waals surface area contributed by atoms with Crippen molar-refractivity contribution in [1.29, 1.82) is 0 Å². The molecule has 78 valence electrons. The minimum Gasteiger partial charge on any atom is -0.351 e. The predicted octanol–water partition coefficient (Wildman–Crippen LogP) is 2.29. The number of nitrogens with one attached hydrogen (secondary N) is 1. The second-order valence-electron chi connectivity index (χ2n) is 3.25. The molecule has 1 rings (SSSR count). The first-order chi connectivity index (χ1) is 6.65. The monoisotopic (exact) mass is 212 g/mol. The van der Waals surface area contributed by atoms with Gasteiger partial charge in [0.25, 0.3) is 5.91 Å². The van der Waals surface area contributed by atoms with Gasteiger partial charge in [-0.1, -0.05) is 13.3 Å². The molecular formula is C10H16N2OS. The molecule has 0 aliphatic carbocycles. The van der Waals surface area contributed by atoms with E-state index in [1.165, 1.54) is 0 Å². The molecule has 0 aliphatic heterocycles. The van der Waals surface area contributed by atoms with Gasteiger partial charge in [-0.3, -0.25) is 4.79 Å². The van der Waals surface area contributed by atoms with Crippen LogP contribution < -0.4 is 5.32 Å². The highest BCUT2D eigenvalue weighted by Gasteiger charge is 2.12. The fourth-order valence-electron chi connectivity index (χ4n) is 1.20. The molecule has 1 amide bonds. The number of carbonyl (C=O) groups is 1. The van der Waals surface area contributed by atoms with E-state index in [2.05, 4.69) is 17.2 Å². The van der Waals surface area contributed by atoms with E-state index in [9.17, 15) is 4.79 Å². The first-order valence-corrected chi connectivity index (χ1v) is 5.69. The van der Waals surface area contributed by atoms with Crippen molar-refractivity contribution in [3.8, 4) is 0 Å². The molecule has 0 unspecified atom stereocenters. The largest absolute Gasteiger partial charge is 0.351 e. The molecular weight excluding hydrogens is 196 g/mol. The van der Waals surface area contributed by atoms with Crippen molar-refractivity contribution in [2.24, 2.45) is 0 Å². The van der Waals surface area contributed by atoms with Crippen LogP contribution >= 0.6 is 11.3 Å². The third kappa shape index (κ3) is 2.80. The van der Waals surface area contributed by atoms with E-state index in [4.69, 9.17) is 0 Å². The predicted molar refractivity (Wildman–Crippen MR) is 58.8 cm³/mol. The van der Waals surface area contributed by atoms with Gasteiger partial charge < -0.3 is 5.32 Å². The van der Waals surface area contributed by atoms with Crippen molar-refractivity contribution in [2.45, 2.75) is 33.6 Å². The second kappa shape index (κ2) is 5.10. The lowest BCUT2D eigenvalue weighted by molar-refractivity contribution is 0.0948. The van der Waals surface area contributed by atoms with Crippen molar-refractivity contribution >= 4 is 17.2 Å². The van der Waals surface area contributed by atoms with Crippen LogP contribution in [0, 0.1) is 13.8 Å². The van der Waals surface area contributed by atoms with Crippen molar-refractivity contribution < 1.29 is 4.79 Å². The molecule has 0 bridgehead atoms. The van der Waals surface area contributed by atoms with Crippen molar-refractivity contribution in [1.82, 2.24) is 10.3 Å². The Hall–Kier alpha value is -0.900. The smallest absolute Gasteiger partial charge is 0.271 e. The molecule has 0 spiro atoms. The highest BCUT2D eigenvalue weighted by atomic mass is 32.1. The average Bonchev–Trinajstić information content (AvgIpc) is 2.45. The number of aryl methyl sites for hydroxylation is 2. The minimum absolute atomic E-state index is 0.0414. The van der Waals surface area contributed by atoms with Gasteiger partial charge in [-0.05, 0) is 20.3 Å². The Kier molecular flexibility index (Phi) is 4.07. The number of thiazole rings is 1. The summed E-state index contributed by atoms with van der Waals surface area (Å²) in [6.07, 6.45) is 2.11. The number of carbonyl (C=O) groups excluding carboxylic acids is 1. The maximum Gasteiger partial charge on any atom is 0.271 e. The minimum atomic E-state index is -0.0414. The lowest BCUT2D eigenvalue weighted by Gasteiger charge is -2.01. The van der Waals surface area contributed by atoms with Crippen LogP contribution in [0.2, 0.25) is 0 Å². The zero-order chi connectivity index (χ0) is 10.6. The number of unbranched alkanes of at least 4 members (excludes halogenated alkanes) is 1. The zero-order valence-corrected chi connectivity index (χ0v) is 9.70. The molecule has 0 saturated carbocycles. The molecule has 1 heterocycles. The third-order valence-corrected chi connectivity index (χ3v) is 2.82. The Morgan fingerprint density at radius 1 is 1.50 bits per heavy atom. The molecule has 0 atom stereocenters. The Bertz CT molecular complexity index is 320. The van der Waals surface area contributed by atoms with Gasteiger partial charge in [0, 0.05) is 11.4 Å². The number of aromatic nitrogens is 1.